The first-order valence-electron chi connectivity index (χ1n) is 8.53. The Kier molecular flexibility index (Phi) is 6.43. The van der Waals surface area contributed by atoms with Gasteiger partial charge in [0.1, 0.15) is 5.76 Å². The molecule has 0 aliphatic carbocycles. The lowest BCUT2D eigenvalue weighted by atomic mass is 10.2. The highest BCUT2D eigenvalue weighted by atomic mass is 32.2. The van der Waals surface area contributed by atoms with Gasteiger partial charge in [0.25, 0.3) is 0 Å². The van der Waals surface area contributed by atoms with E-state index < -0.39 is 0 Å². The Labute approximate surface area is 156 Å². The normalized spacial score (nSPS) is 10.8. The minimum absolute atomic E-state index is 0.0677. The molecule has 3 aromatic heterocycles. The Balaban J connectivity index is 1.65. The van der Waals surface area contributed by atoms with Gasteiger partial charge in [-0.15, -0.1) is 10.2 Å². The molecule has 0 unspecified atom stereocenters. The molecule has 0 fully saturated rings. The number of carbonyl (C=O) groups excluding carboxylic acids is 1. The third kappa shape index (κ3) is 4.72. The maximum Gasteiger partial charge on any atom is 0.230 e. The average Bonchev–Trinajstić information content (AvgIpc) is 3.33. The summed E-state index contributed by atoms with van der Waals surface area (Å²) >= 11 is 1.39. The highest BCUT2D eigenvalue weighted by Crippen LogP contribution is 2.24. The lowest BCUT2D eigenvalue weighted by Gasteiger charge is -2.09. The maximum absolute atomic E-state index is 12.1. The molecule has 136 valence electrons. The molecule has 0 spiro atoms. The molecule has 0 atom stereocenters. The Morgan fingerprint density at radius 3 is 2.85 bits per heavy atom. The minimum Gasteiger partial charge on any atom is -0.467 e. The molecule has 1 amide bonds. The van der Waals surface area contributed by atoms with E-state index in [9.17, 15) is 4.79 Å². The van der Waals surface area contributed by atoms with Crippen molar-refractivity contribution < 1.29 is 9.21 Å². The molecule has 0 aliphatic rings. The van der Waals surface area contributed by atoms with Gasteiger partial charge in [-0.1, -0.05) is 25.1 Å². The number of amides is 1. The lowest BCUT2D eigenvalue weighted by molar-refractivity contribution is -0.118. The van der Waals surface area contributed by atoms with Gasteiger partial charge in [-0.05, 0) is 30.7 Å². The highest BCUT2D eigenvalue weighted by molar-refractivity contribution is 7.99. The third-order valence-electron chi connectivity index (χ3n) is 3.76. The molecule has 0 bridgehead atoms. The van der Waals surface area contributed by atoms with Crippen molar-refractivity contribution in [3.8, 4) is 11.4 Å². The van der Waals surface area contributed by atoms with Gasteiger partial charge in [0.15, 0.2) is 11.0 Å². The molecule has 26 heavy (non-hydrogen) atoms. The monoisotopic (exact) mass is 371 g/mol. The summed E-state index contributed by atoms with van der Waals surface area (Å²) in [6, 6.07) is 7.46. The topological polar surface area (TPSA) is 85.8 Å². The van der Waals surface area contributed by atoms with E-state index in [4.69, 9.17) is 4.42 Å². The van der Waals surface area contributed by atoms with E-state index >= 15 is 0 Å². The second-order valence-corrected chi connectivity index (χ2v) is 6.63. The Hall–Kier alpha value is -2.61. The average molecular weight is 371 g/mol. The van der Waals surface area contributed by atoms with Crippen LogP contribution < -0.4 is 5.32 Å². The number of thioether (sulfide) groups is 1. The number of hydrogen-bond acceptors (Lipinski definition) is 6. The van der Waals surface area contributed by atoms with E-state index in [0.29, 0.717) is 6.54 Å². The van der Waals surface area contributed by atoms with Gasteiger partial charge in [0.2, 0.25) is 5.91 Å². The van der Waals surface area contributed by atoms with Crippen molar-refractivity contribution in [3.63, 3.8) is 0 Å². The second kappa shape index (κ2) is 9.19. The summed E-state index contributed by atoms with van der Waals surface area (Å²) in [6.07, 6.45) is 7.16. The summed E-state index contributed by atoms with van der Waals surface area (Å²) in [5.74, 6) is 1.75. The van der Waals surface area contributed by atoms with Crippen LogP contribution >= 0.6 is 11.8 Å². The van der Waals surface area contributed by atoms with Crippen LogP contribution in [0, 0.1) is 0 Å². The summed E-state index contributed by atoms with van der Waals surface area (Å²) in [4.78, 5) is 16.1. The van der Waals surface area contributed by atoms with E-state index in [1.165, 1.54) is 11.8 Å². The second-order valence-electron chi connectivity index (χ2n) is 5.69. The number of nitrogens with zero attached hydrogens (tertiary/aromatic N) is 4. The molecule has 0 saturated heterocycles. The fourth-order valence-electron chi connectivity index (χ4n) is 2.41. The zero-order valence-electron chi connectivity index (χ0n) is 14.6. The number of hydrogen-bond donors (Lipinski definition) is 1. The van der Waals surface area contributed by atoms with Gasteiger partial charge >= 0.3 is 0 Å². The molecular weight excluding hydrogens is 350 g/mol. The molecule has 3 aromatic rings. The van der Waals surface area contributed by atoms with Gasteiger partial charge < -0.3 is 14.3 Å². The number of carbonyl (C=O) groups is 1. The van der Waals surface area contributed by atoms with Crippen molar-refractivity contribution in [2.24, 2.45) is 0 Å². The number of furan rings is 1. The SMILES string of the molecule is CCCCn1c(SCC(=O)NCc2ccco2)nnc1-c1ccncc1. The fourth-order valence-corrected chi connectivity index (χ4v) is 3.20. The summed E-state index contributed by atoms with van der Waals surface area (Å²) in [7, 11) is 0. The molecule has 0 radical (unpaired) electrons. The number of aromatic nitrogens is 4. The van der Waals surface area contributed by atoms with Crippen molar-refractivity contribution in [1.29, 1.82) is 0 Å². The van der Waals surface area contributed by atoms with Gasteiger partial charge in [0, 0.05) is 24.5 Å². The van der Waals surface area contributed by atoms with Crippen LogP contribution in [0.15, 0.2) is 52.5 Å². The first-order chi connectivity index (χ1) is 12.8. The number of unbranched alkanes of at least 4 members (excludes halogenated alkanes) is 1. The molecule has 3 heterocycles. The molecular formula is C18H21N5O2S. The van der Waals surface area contributed by atoms with Crippen molar-refractivity contribution in [2.75, 3.05) is 5.75 Å². The number of nitrogens with one attached hydrogen (secondary N) is 1. The van der Waals surface area contributed by atoms with E-state index in [2.05, 4.69) is 32.0 Å². The van der Waals surface area contributed by atoms with Crippen molar-refractivity contribution in [1.82, 2.24) is 25.1 Å². The van der Waals surface area contributed by atoms with Gasteiger partial charge in [-0.2, -0.15) is 0 Å². The largest absolute Gasteiger partial charge is 0.467 e. The summed E-state index contributed by atoms with van der Waals surface area (Å²) in [5.41, 5.74) is 0.970. The third-order valence-corrected chi connectivity index (χ3v) is 4.73. The molecule has 7 nitrogen and oxygen atoms in total. The van der Waals surface area contributed by atoms with Crippen LogP contribution in [0.2, 0.25) is 0 Å². The first-order valence-corrected chi connectivity index (χ1v) is 9.52. The molecule has 3 rings (SSSR count). The van der Waals surface area contributed by atoms with Crippen LogP contribution in [0.25, 0.3) is 11.4 Å². The Morgan fingerprint density at radius 1 is 1.27 bits per heavy atom. The summed E-state index contributed by atoms with van der Waals surface area (Å²) < 4.78 is 7.28. The van der Waals surface area contributed by atoms with Gasteiger partial charge in [0.05, 0.1) is 18.6 Å². The van der Waals surface area contributed by atoms with Crippen molar-refractivity contribution >= 4 is 17.7 Å². The summed E-state index contributed by atoms with van der Waals surface area (Å²) in [6.45, 7) is 3.35. The van der Waals surface area contributed by atoms with Crippen LogP contribution in [0.1, 0.15) is 25.5 Å². The lowest BCUT2D eigenvalue weighted by Crippen LogP contribution is -2.24. The van der Waals surface area contributed by atoms with Crippen LogP contribution in [0.4, 0.5) is 0 Å². The molecule has 0 aliphatic heterocycles. The van der Waals surface area contributed by atoms with E-state index in [1.807, 2.05) is 18.2 Å². The van der Waals surface area contributed by atoms with Gasteiger partial charge in [-0.3, -0.25) is 9.78 Å². The molecule has 1 N–H and O–H groups in total. The molecule has 0 saturated carbocycles. The first kappa shape index (κ1) is 18.2. The van der Waals surface area contributed by atoms with E-state index in [0.717, 1.165) is 41.7 Å². The zero-order chi connectivity index (χ0) is 18.2. The van der Waals surface area contributed by atoms with Crippen LogP contribution in [-0.4, -0.2) is 31.4 Å². The number of pyridine rings is 1. The van der Waals surface area contributed by atoms with Gasteiger partial charge in [-0.25, -0.2) is 0 Å². The van der Waals surface area contributed by atoms with Crippen molar-refractivity contribution in [2.45, 2.75) is 38.0 Å². The predicted molar refractivity (Wildman–Crippen MR) is 99.4 cm³/mol. The fraction of sp³-hybridized carbons (Fsp3) is 0.333. The Bertz CT molecular complexity index is 817. The van der Waals surface area contributed by atoms with Crippen LogP contribution in [0.5, 0.6) is 0 Å². The minimum atomic E-state index is -0.0677. The predicted octanol–water partition coefficient (Wildman–Crippen LogP) is 3.14. The summed E-state index contributed by atoms with van der Waals surface area (Å²) in [5, 5.41) is 12.2. The zero-order valence-corrected chi connectivity index (χ0v) is 15.4. The molecule has 0 aromatic carbocycles. The highest BCUT2D eigenvalue weighted by Gasteiger charge is 2.15. The van der Waals surface area contributed by atoms with Crippen molar-refractivity contribution in [3.05, 3.63) is 48.7 Å². The van der Waals surface area contributed by atoms with E-state index in [1.54, 1.807) is 24.7 Å². The van der Waals surface area contributed by atoms with Crippen LogP contribution in [0.3, 0.4) is 0 Å². The quantitative estimate of drug-likeness (QED) is 0.582. The number of rotatable bonds is 9. The smallest absolute Gasteiger partial charge is 0.230 e. The van der Waals surface area contributed by atoms with Crippen LogP contribution in [-0.2, 0) is 17.9 Å². The standard InChI is InChI=1S/C18H21N5O2S/c1-2-3-10-23-17(14-6-8-19-9-7-14)21-22-18(23)26-13-16(24)20-12-15-5-4-11-25-15/h4-9,11H,2-3,10,12-13H2,1H3,(H,20,24). The molecule has 8 heteroatoms. The Morgan fingerprint density at radius 2 is 2.12 bits per heavy atom. The maximum atomic E-state index is 12.1. The van der Waals surface area contributed by atoms with E-state index in [-0.39, 0.29) is 11.7 Å².